The highest BCUT2D eigenvalue weighted by Crippen LogP contribution is 2.46. The van der Waals surface area contributed by atoms with Crippen molar-refractivity contribution in [2.75, 3.05) is 6.54 Å². The summed E-state index contributed by atoms with van der Waals surface area (Å²) in [7, 11) is 0. The average Bonchev–Trinajstić information content (AvgIpc) is 3.42. The monoisotopic (exact) mass is 420 g/mol. The lowest BCUT2D eigenvalue weighted by Gasteiger charge is -2.18. The molecule has 1 N–H and O–H groups in total. The summed E-state index contributed by atoms with van der Waals surface area (Å²) >= 11 is 0. The molecule has 3 aromatic heterocycles. The number of hydrogen-bond acceptors (Lipinski definition) is 5. The van der Waals surface area contributed by atoms with Gasteiger partial charge in [0.25, 0.3) is 11.5 Å². The molecule has 1 aliphatic carbocycles. The van der Waals surface area contributed by atoms with Gasteiger partial charge in [-0.05, 0) is 58.2 Å². The second kappa shape index (κ2) is 8.09. The first-order chi connectivity index (χ1) is 14.8. The van der Waals surface area contributed by atoms with E-state index in [1.54, 1.807) is 31.6 Å². The summed E-state index contributed by atoms with van der Waals surface area (Å²) in [6.45, 7) is 9.25. The van der Waals surface area contributed by atoms with Crippen LogP contribution in [-0.4, -0.2) is 36.8 Å². The van der Waals surface area contributed by atoms with E-state index >= 15 is 0 Å². The van der Waals surface area contributed by atoms with E-state index in [2.05, 4.69) is 26.4 Å². The molecule has 1 saturated carbocycles. The Balaban J connectivity index is 1.47. The van der Waals surface area contributed by atoms with Crippen LogP contribution in [-0.2, 0) is 13.1 Å². The van der Waals surface area contributed by atoms with Gasteiger partial charge in [0.05, 0.1) is 29.8 Å². The summed E-state index contributed by atoms with van der Waals surface area (Å²) in [5.74, 6) is -0.327. The lowest BCUT2D eigenvalue weighted by atomic mass is 10.1. The molecule has 0 bridgehead atoms. The largest absolute Gasteiger partial charge is 0.351 e. The zero-order valence-electron chi connectivity index (χ0n) is 18.5. The van der Waals surface area contributed by atoms with E-state index < -0.39 is 0 Å². The maximum Gasteiger partial charge on any atom is 0.264 e. The highest BCUT2D eigenvalue weighted by molar-refractivity contribution is 5.95. The number of nitrogens with one attached hydrogen (secondary N) is 1. The molecule has 0 aromatic carbocycles. The Labute approximate surface area is 181 Å². The molecule has 3 heterocycles. The number of pyridine rings is 1. The number of amides is 1. The van der Waals surface area contributed by atoms with Gasteiger partial charge < -0.3 is 9.88 Å². The van der Waals surface area contributed by atoms with E-state index in [1.165, 1.54) is 4.57 Å². The molecular formula is C23H28N6O2. The minimum Gasteiger partial charge on any atom is -0.351 e. The first-order valence-electron chi connectivity index (χ1n) is 10.5. The second-order valence-corrected chi connectivity index (χ2v) is 8.72. The Kier molecular flexibility index (Phi) is 5.47. The molecular weight excluding hydrogens is 392 g/mol. The fourth-order valence-electron chi connectivity index (χ4n) is 3.82. The van der Waals surface area contributed by atoms with Crippen LogP contribution in [0, 0.1) is 33.1 Å². The summed E-state index contributed by atoms with van der Waals surface area (Å²) in [5.41, 5.74) is 4.15. The highest BCUT2D eigenvalue weighted by Gasteiger charge is 2.43. The maximum absolute atomic E-state index is 13.0. The molecule has 162 valence electrons. The number of rotatable bonds is 7. The molecule has 0 atom stereocenters. The molecule has 1 amide bonds. The van der Waals surface area contributed by atoms with E-state index in [-0.39, 0.29) is 29.0 Å². The Morgan fingerprint density at radius 1 is 1.13 bits per heavy atom. The van der Waals surface area contributed by atoms with E-state index in [1.807, 2.05) is 25.5 Å². The summed E-state index contributed by atoms with van der Waals surface area (Å²) in [6, 6.07) is 3.85. The predicted molar refractivity (Wildman–Crippen MR) is 117 cm³/mol. The minimum absolute atomic E-state index is 0.0120. The Morgan fingerprint density at radius 3 is 2.52 bits per heavy atom. The van der Waals surface area contributed by atoms with Gasteiger partial charge in [-0.3, -0.25) is 24.2 Å². The lowest BCUT2D eigenvalue weighted by molar-refractivity contribution is 0.0939. The second-order valence-electron chi connectivity index (χ2n) is 8.72. The smallest absolute Gasteiger partial charge is 0.264 e. The fraction of sp³-hybridized carbons (Fsp3) is 0.435. The molecule has 0 aliphatic heterocycles. The first-order valence-corrected chi connectivity index (χ1v) is 10.5. The molecule has 31 heavy (non-hydrogen) atoms. The molecule has 4 rings (SSSR count). The zero-order chi connectivity index (χ0) is 22.2. The molecule has 8 heteroatoms. The number of hydrogen-bond donors (Lipinski definition) is 1. The van der Waals surface area contributed by atoms with Gasteiger partial charge in [0.15, 0.2) is 0 Å². The molecule has 0 spiro atoms. The van der Waals surface area contributed by atoms with Crippen LogP contribution in [0.15, 0.2) is 35.5 Å². The quantitative estimate of drug-likeness (QED) is 0.633. The number of aryl methyl sites for hydroxylation is 4. The van der Waals surface area contributed by atoms with Crippen LogP contribution in [0.2, 0.25) is 0 Å². The van der Waals surface area contributed by atoms with Crippen LogP contribution >= 0.6 is 0 Å². The first kappa shape index (κ1) is 21.0. The van der Waals surface area contributed by atoms with Gasteiger partial charge in [-0.25, -0.2) is 0 Å². The van der Waals surface area contributed by atoms with Crippen molar-refractivity contribution >= 4 is 5.91 Å². The van der Waals surface area contributed by atoms with Crippen LogP contribution in [0.1, 0.15) is 51.5 Å². The van der Waals surface area contributed by atoms with Gasteiger partial charge in [0.2, 0.25) is 0 Å². The van der Waals surface area contributed by atoms with Crippen LogP contribution in [0.25, 0.3) is 0 Å². The third-order valence-corrected chi connectivity index (χ3v) is 5.94. The van der Waals surface area contributed by atoms with Crippen molar-refractivity contribution in [3.8, 4) is 0 Å². The normalized spacial score (nSPS) is 14.5. The molecule has 8 nitrogen and oxygen atoms in total. The van der Waals surface area contributed by atoms with Crippen molar-refractivity contribution in [1.29, 1.82) is 0 Å². The predicted octanol–water partition coefficient (Wildman–Crippen LogP) is 2.33. The molecule has 3 aromatic rings. The SMILES string of the molecule is Cc1cnc(Cn2ccc(C)c(C(=O)NCC3(Cn4nc(C)cc4C)CC3)c2=O)cn1. The summed E-state index contributed by atoms with van der Waals surface area (Å²) in [5, 5.41) is 7.55. The van der Waals surface area contributed by atoms with Gasteiger partial charge in [-0.15, -0.1) is 0 Å². The maximum atomic E-state index is 13.0. The van der Waals surface area contributed by atoms with E-state index in [4.69, 9.17) is 0 Å². The Hall–Kier alpha value is -3.29. The van der Waals surface area contributed by atoms with Crippen LogP contribution in [0.4, 0.5) is 0 Å². The van der Waals surface area contributed by atoms with Crippen molar-refractivity contribution in [1.82, 2.24) is 29.6 Å². The third kappa shape index (κ3) is 4.57. The topological polar surface area (TPSA) is 94.7 Å². The van der Waals surface area contributed by atoms with E-state index in [9.17, 15) is 9.59 Å². The van der Waals surface area contributed by atoms with Gasteiger partial charge in [-0.2, -0.15) is 5.10 Å². The zero-order valence-corrected chi connectivity index (χ0v) is 18.5. The Morgan fingerprint density at radius 2 is 1.90 bits per heavy atom. The van der Waals surface area contributed by atoms with Gasteiger partial charge >= 0.3 is 0 Å². The van der Waals surface area contributed by atoms with Gasteiger partial charge in [0.1, 0.15) is 5.56 Å². The lowest BCUT2D eigenvalue weighted by Crippen LogP contribution is -2.38. The third-order valence-electron chi connectivity index (χ3n) is 5.94. The van der Waals surface area contributed by atoms with Crippen molar-refractivity contribution in [2.45, 2.75) is 53.6 Å². The van der Waals surface area contributed by atoms with Crippen molar-refractivity contribution < 1.29 is 4.79 Å². The molecule has 0 unspecified atom stereocenters. The van der Waals surface area contributed by atoms with Crippen molar-refractivity contribution in [3.05, 3.63) is 75.0 Å². The molecule has 1 fully saturated rings. The Bertz CT molecular complexity index is 1170. The van der Waals surface area contributed by atoms with Crippen molar-refractivity contribution in [3.63, 3.8) is 0 Å². The standard InChI is InChI=1S/C23H28N6O2/c1-15-5-8-28(12-19-11-24-17(3)10-25-19)22(31)20(15)21(30)26-13-23(6-7-23)14-29-18(4)9-16(2)27-29/h5,8-11H,6-7,12-14H2,1-4H3,(H,26,30). The average molecular weight is 421 g/mol. The molecule has 0 radical (unpaired) electrons. The van der Waals surface area contributed by atoms with Gasteiger partial charge in [0, 0.05) is 36.6 Å². The number of carbonyl (C=O) groups excluding carboxylic acids is 1. The summed E-state index contributed by atoms with van der Waals surface area (Å²) in [6.07, 6.45) is 7.09. The van der Waals surface area contributed by atoms with Crippen LogP contribution < -0.4 is 10.9 Å². The van der Waals surface area contributed by atoms with Crippen molar-refractivity contribution in [2.24, 2.45) is 5.41 Å². The summed E-state index contributed by atoms with van der Waals surface area (Å²) in [4.78, 5) is 34.5. The number of aromatic nitrogens is 5. The minimum atomic E-state index is -0.327. The van der Waals surface area contributed by atoms with E-state index in [0.29, 0.717) is 17.8 Å². The molecule has 0 saturated heterocycles. The number of nitrogens with zero attached hydrogens (tertiary/aromatic N) is 5. The van der Waals surface area contributed by atoms with E-state index in [0.717, 1.165) is 36.5 Å². The summed E-state index contributed by atoms with van der Waals surface area (Å²) < 4.78 is 3.52. The van der Waals surface area contributed by atoms with Gasteiger partial charge in [-0.1, -0.05) is 0 Å². The fourth-order valence-corrected chi connectivity index (χ4v) is 3.82. The van der Waals surface area contributed by atoms with Crippen LogP contribution in [0.5, 0.6) is 0 Å². The molecule has 1 aliphatic rings. The number of carbonyl (C=O) groups is 1. The van der Waals surface area contributed by atoms with Crippen LogP contribution in [0.3, 0.4) is 0 Å². The highest BCUT2D eigenvalue weighted by atomic mass is 16.2.